The van der Waals surface area contributed by atoms with Gasteiger partial charge in [-0.25, -0.2) is 4.79 Å². The number of hydrogen-bond donors (Lipinski definition) is 2. The van der Waals surface area contributed by atoms with Crippen molar-refractivity contribution in [3.8, 4) is 0 Å². The number of aromatic nitrogens is 2. The van der Waals surface area contributed by atoms with Gasteiger partial charge in [0.2, 0.25) is 0 Å². The van der Waals surface area contributed by atoms with Crippen molar-refractivity contribution in [2.24, 2.45) is 5.92 Å². The number of benzene rings is 1. The highest BCUT2D eigenvalue weighted by Crippen LogP contribution is 2.19. The summed E-state index contributed by atoms with van der Waals surface area (Å²) in [6, 6.07) is 6.41. The third kappa shape index (κ3) is 4.42. The number of rotatable bonds is 6. The lowest BCUT2D eigenvalue weighted by Gasteiger charge is -2.27. The topological polar surface area (TPSA) is 93.5 Å². The van der Waals surface area contributed by atoms with Gasteiger partial charge in [0.25, 0.3) is 5.91 Å². The second-order valence-corrected chi connectivity index (χ2v) is 6.69. The van der Waals surface area contributed by atoms with Gasteiger partial charge in [0.15, 0.2) is 0 Å². The number of carbonyl (C=O) groups excluding carboxylic acids is 1. The van der Waals surface area contributed by atoms with Crippen LogP contribution in [0.15, 0.2) is 36.7 Å². The fraction of sp³-hybridized carbons (Fsp3) is 0.389. The van der Waals surface area contributed by atoms with E-state index in [1.807, 2.05) is 18.2 Å². The maximum atomic E-state index is 12.4. The second-order valence-electron chi connectivity index (χ2n) is 6.28. The Morgan fingerprint density at radius 3 is 2.92 bits per heavy atom. The van der Waals surface area contributed by atoms with Crippen molar-refractivity contribution >= 4 is 23.5 Å². The maximum Gasteiger partial charge on any atom is 0.326 e. The first-order valence-corrected chi connectivity index (χ1v) is 8.79. The van der Waals surface area contributed by atoms with Gasteiger partial charge in [0.05, 0.1) is 24.9 Å². The number of carboxylic acids is 1. The van der Waals surface area contributed by atoms with Gasteiger partial charge in [-0.2, -0.15) is 5.10 Å². The molecule has 0 saturated carbocycles. The summed E-state index contributed by atoms with van der Waals surface area (Å²) in [5, 5.41) is 16.8. The first-order valence-electron chi connectivity index (χ1n) is 8.42. The van der Waals surface area contributed by atoms with Crippen LogP contribution in [0, 0.1) is 5.92 Å². The minimum atomic E-state index is -1.06. The van der Waals surface area contributed by atoms with E-state index < -0.39 is 17.9 Å². The number of carbonyl (C=O) groups is 2. The highest BCUT2D eigenvalue weighted by atomic mass is 35.5. The monoisotopic (exact) mass is 377 g/mol. The van der Waals surface area contributed by atoms with Crippen LogP contribution in [0.25, 0.3) is 0 Å². The zero-order valence-corrected chi connectivity index (χ0v) is 14.9. The predicted octanol–water partition coefficient (Wildman–Crippen LogP) is 2.19. The average molecular weight is 378 g/mol. The van der Waals surface area contributed by atoms with E-state index in [-0.39, 0.29) is 5.92 Å². The van der Waals surface area contributed by atoms with Crippen molar-refractivity contribution in [2.45, 2.75) is 25.4 Å². The van der Waals surface area contributed by atoms with Crippen LogP contribution in [0.3, 0.4) is 0 Å². The Hall–Kier alpha value is -2.38. The van der Waals surface area contributed by atoms with Crippen molar-refractivity contribution in [2.75, 3.05) is 13.2 Å². The normalized spacial score (nSPS) is 18.3. The van der Waals surface area contributed by atoms with Crippen LogP contribution >= 0.6 is 11.6 Å². The molecule has 138 valence electrons. The van der Waals surface area contributed by atoms with E-state index in [0.29, 0.717) is 36.8 Å². The van der Waals surface area contributed by atoms with Crippen LogP contribution in [-0.4, -0.2) is 46.0 Å². The molecule has 1 fully saturated rings. The predicted molar refractivity (Wildman–Crippen MR) is 95.2 cm³/mol. The summed E-state index contributed by atoms with van der Waals surface area (Å²) in [6.45, 7) is 1.39. The molecule has 7 nitrogen and oxygen atoms in total. The summed E-state index contributed by atoms with van der Waals surface area (Å²) < 4.78 is 6.93. The van der Waals surface area contributed by atoms with Crippen molar-refractivity contribution in [1.82, 2.24) is 15.1 Å². The van der Waals surface area contributed by atoms with E-state index >= 15 is 0 Å². The molecule has 2 atom stereocenters. The maximum absolute atomic E-state index is 12.4. The Morgan fingerprint density at radius 1 is 1.42 bits per heavy atom. The average Bonchev–Trinajstić information content (AvgIpc) is 3.10. The Kier molecular flexibility index (Phi) is 5.90. The first kappa shape index (κ1) is 18.4. The van der Waals surface area contributed by atoms with E-state index in [2.05, 4.69) is 10.4 Å². The molecule has 8 heteroatoms. The van der Waals surface area contributed by atoms with E-state index in [1.54, 1.807) is 16.9 Å². The lowest BCUT2D eigenvalue weighted by atomic mass is 9.93. The number of aliphatic carboxylic acids is 1. The van der Waals surface area contributed by atoms with Crippen molar-refractivity contribution in [3.63, 3.8) is 0 Å². The van der Waals surface area contributed by atoms with Gasteiger partial charge >= 0.3 is 5.97 Å². The van der Waals surface area contributed by atoms with Crippen LogP contribution in [0.2, 0.25) is 5.02 Å². The zero-order chi connectivity index (χ0) is 18.5. The molecule has 1 saturated heterocycles. The third-order valence-corrected chi connectivity index (χ3v) is 4.77. The molecule has 1 amide bonds. The largest absolute Gasteiger partial charge is 0.480 e. The van der Waals surface area contributed by atoms with Crippen LogP contribution in [0.1, 0.15) is 28.8 Å². The van der Waals surface area contributed by atoms with Crippen LogP contribution < -0.4 is 5.32 Å². The standard InChI is InChI=1S/C18H20ClN3O4/c19-15-6-2-1-4-12(15)9-22-10-14(8-20-22)17(23)21-16(18(24)25)13-5-3-7-26-11-13/h1-2,4,6,8,10,13,16H,3,5,7,9,11H2,(H,21,23)(H,24,25). The van der Waals surface area contributed by atoms with Gasteiger partial charge < -0.3 is 15.2 Å². The van der Waals surface area contributed by atoms with Gasteiger partial charge in [-0.1, -0.05) is 29.8 Å². The second kappa shape index (κ2) is 8.33. The highest BCUT2D eigenvalue weighted by Gasteiger charge is 2.31. The summed E-state index contributed by atoms with van der Waals surface area (Å²) in [4.78, 5) is 24.0. The first-order chi connectivity index (χ1) is 12.5. The molecular weight excluding hydrogens is 358 g/mol. The highest BCUT2D eigenvalue weighted by molar-refractivity contribution is 6.31. The summed E-state index contributed by atoms with van der Waals surface area (Å²) in [6.07, 6.45) is 4.50. The molecule has 1 aromatic heterocycles. The van der Waals surface area contributed by atoms with Crippen LogP contribution in [0.5, 0.6) is 0 Å². The van der Waals surface area contributed by atoms with Gasteiger partial charge in [0.1, 0.15) is 6.04 Å². The number of ether oxygens (including phenoxy) is 1. The third-order valence-electron chi connectivity index (χ3n) is 4.41. The van der Waals surface area contributed by atoms with Crippen LogP contribution in [-0.2, 0) is 16.1 Å². The number of nitrogens with one attached hydrogen (secondary N) is 1. The molecule has 3 rings (SSSR count). The van der Waals surface area contributed by atoms with Gasteiger partial charge in [-0.15, -0.1) is 0 Å². The van der Waals surface area contributed by atoms with E-state index in [1.165, 1.54) is 6.20 Å². The summed E-state index contributed by atoms with van der Waals surface area (Å²) in [7, 11) is 0. The smallest absolute Gasteiger partial charge is 0.326 e. The molecule has 0 spiro atoms. The number of halogens is 1. The molecule has 2 N–H and O–H groups in total. The molecule has 2 aromatic rings. The molecule has 2 unspecified atom stereocenters. The lowest BCUT2D eigenvalue weighted by molar-refractivity contribution is -0.142. The lowest BCUT2D eigenvalue weighted by Crippen LogP contribution is -2.48. The number of hydrogen-bond acceptors (Lipinski definition) is 4. The SMILES string of the molecule is O=C(NC(C(=O)O)C1CCCOC1)c1cnn(Cc2ccccc2Cl)c1. The van der Waals surface area contributed by atoms with E-state index in [4.69, 9.17) is 16.3 Å². The summed E-state index contributed by atoms with van der Waals surface area (Å²) >= 11 is 6.14. The molecule has 0 radical (unpaired) electrons. The molecular formula is C18H20ClN3O4. The molecule has 1 aliphatic rings. The molecule has 26 heavy (non-hydrogen) atoms. The van der Waals surface area contributed by atoms with Crippen molar-refractivity contribution < 1.29 is 19.4 Å². The fourth-order valence-corrected chi connectivity index (χ4v) is 3.20. The van der Waals surface area contributed by atoms with Gasteiger partial charge in [-0.3, -0.25) is 9.48 Å². The fourth-order valence-electron chi connectivity index (χ4n) is 3.00. The molecule has 2 heterocycles. The van der Waals surface area contributed by atoms with E-state index in [0.717, 1.165) is 12.0 Å². The summed E-state index contributed by atoms with van der Waals surface area (Å²) in [5.74, 6) is -1.76. The van der Waals surface area contributed by atoms with Crippen LogP contribution in [0.4, 0.5) is 0 Å². The minimum Gasteiger partial charge on any atom is -0.480 e. The van der Waals surface area contributed by atoms with Crippen molar-refractivity contribution in [1.29, 1.82) is 0 Å². The van der Waals surface area contributed by atoms with E-state index in [9.17, 15) is 14.7 Å². The molecule has 1 aliphatic heterocycles. The minimum absolute atomic E-state index is 0.233. The Labute approximate surface area is 155 Å². The van der Waals surface area contributed by atoms with Crippen molar-refractivity contribution in [3.05, 3.63) is 52.8 Å². The van der Waals surface area contributed by atoms with Gasteiger partial charge in [0, 0.05) is 23.7 Å². The quantitative estimate of drug-likeness (QED) is 0.804. The molecule has 1 aromatic carbocycles. The Balaban J connectivity index is 1.67. The zero-order valence-electron chi connectivity index (χ0n) is 14.1. The van der Waals surface area contributed by atoms with Gasteiger partial charge in [-0.05, 0) is 24.5 Å². The number of carboxylic acid groups (broad SMARTS) is 1. The number of amides is 1. The Bertz CT molecular complexity index is 786. The Morgan fingerprint density at radius 2 is 2.23 bits per heavy atom. The number of nitrogens with zero attached hydrogens (tertiary/aromatic N) is 2. The summed E-state index contributed by atoms with van der Waals surface area (Å²) in [5.41, 5.74) is 1.19. The molecule has 0 aliphatic carbocycles. The molecule has 0 bridgehead atoms.